The number of piperidine rings is 1. The molecule has 2 heterocycles. The molecule has 1 aliphatic heterocycles. The monoisotopic (exact) mass is 331 g/mol. The van der Waals surface area contributed by atoms with Gasteiger partial charge in [-0.25, -0.2) is 4.79 Å². The van der Waals surface area contributed by atoms with Crippen molar-refractivity contribution in [2.75, 3.05) is 19.6 Å². The topological polar surface area (TPSA) is 65.5 Å². The van der Waals surface area contributed by atoms with Gasteiger partial charge < -0.3 is 15.3 Å². The van der Waals surface area contributed by atoms with Crippen molar-refractivity contribution in [3.63, 3.8) is 0 Å². The summed E-state index contributed by atoms with van der Waals surface area (Å²) in [5, 5.41) is 12.0. The molecule has 0 saturated carbocycles. The summed E-state index contributed by atoms with van der Waals surface area (Å²) in [7, 11) is 0. The molecule has 0 aliphatic carbocycles. The van der Waals surface area contributed by atoms with Crippen molar-refractivity contribution in [3.8, 4) is 0 Å². The van der Waals surface area contributed by atoms with Crippen molar-refractivity contribution in [1.82, 2.24) is 15.2 Å². The van der Waals surface area contributed by atoms with Crippen LogP contribution in [0.1, 0.15) is 18.5 Å². The molecule has 1 aromatic heterocycles. The Morgan fingerprint density at radius 3 is 2.65 bits per heavy atom. The number of rotatable bonds is 4. The van der Waals surface area contributed by atoms with Crippen molar-refractivity contribution in [2.24, 2.45) is 5.92 Å². The summed E-state index contributed by atoms with van der Waals surface area (Å²) >= 11 is 0. The molecule has 128 valence electrons. The van der Waals surface area contributed by atoms with E-state index in [4.69, 9.17) is 0 Å². The Kier molecular flexibility index (Phi) is 5.81. The number of hydrogen-bond donors (Lipinski definition) is 2. The molecule has 8 heteroatoms. The number of carbonyl (C=O) groups is 1. The fraction of sp³-hybridized carbons (Fsp3) is 0.600. The molecule has 1 saturated heterocycles. The average Bonchev–Trinajstić information content (AvgIpc) is 2.54. The molecule has 2 rings (SSSR count). The van der Waals surface area contributed by atoms with Crippen LogP contribution in [0.3, 0.4) is 0 Å². The number of urea groups is 1. The first-order valence-corrected chi connectivity index (χ1v) is 7.55. The fourth-order valence-electron chi connectivity index (χ4n) is 2.64. The number of nitrogens with zero attached hydrogens (tertiary/aromatic N) is 2. The van der Waals surface area contributed by atoms with Gasteiger partial charge in [0, 0.05) is 37.9 Å². The smallest absolute Gasteiger partial charge is 0.383 e. The van der Waals surface area contributed by atoms with Crippen molar-refractivity contribution >= 4 is 6.03 Å². The van der Waals surface area contributed by atoms with E-state index in [9.17, 15) is 23.1 Å². The molecule has 0 radical (unpaired) electrons. The van der Waals surface area contributed by atoms with Crippen LogP contribution >= 0.6 is 0 Å². The number of alkyl halides is 3. The summed E-state index contributed by atoms with van der Waals surface area (Å²) in [6.45, 7) is 0.849. The first kappa shape index (κ1) is 17.5. The minimum Gasteiger partial charge on any atom is -0.383 e. The number of hydrogen-bond acceptors (Lipinski definition) is 3. The summed E-state index contributed by atoms with van der Waals surface area (Å²) in [5.74, 6) is -0.840. The predicted molar refractivity (Wildman–Crippen MR) is 77.7 cm³/mol. The second-order valence-electron chi connectivity index (χ2n) is 5.61. The van der Waals surface area contributed by atoms with Gasteiger partial charge in [-0.05, 0) is 30.9 Å². The van der Waals surface area contributed by atoms with Crippen molar-refractivity contribution in [3.05, 3.63) is 30.1 Å². The number of nitrogens with one attached hydrogen (secondary N) is 1. The Morgan fingerprint density at radius 1 is 1.39 bits per heavy atom. The second-order valence-corrected chi connectivity index (χ2v) is 5.61. The van der Waals surface area contributed by atoms with Crippen LogP contribution in [0.15, 0.2) is 24.4 Å². The van der Waals surface area contributed by atoms with E-state index in [1.807, 2.05) is 18.2 Å². The van der Waals surface area contributed by atoms with E-state index >= 15 is 0 Å². The van der Waals surface area contributed by atoms with Crippen LogP contribution in [0.25, 0.3) is 0 Å². The number of carbonyl (C=O) groups excluding carboxylic acids is 1. The number of aromatic nitrogens is 1. The Bertz CT molecular complexity index is 502. The zero-order valence-corrected chi connectivity index (χ0v) is 12.6. The predicted octanol–water partition coefficient (Wildman–Crippen LogP) is 1.97. The summed E-state index contributed by atoms with van der Waals surface area (Å²) < 4.78 is 37.4. The third-order valence-electron chi connectivity index (χ3n) is 3.99. The number of likely N-dealkylation sites (tertiary alicyclic amines) is 1. The van der Waals surface area contributed by atoms with Crippen LogP contribution in [0.2, 0.25) is 0 Å². The molecule has 0 spiro atoms. The number of aliphatic hydroxyl groups is 1. The van der Waals surface area contributed by atoms with Gasteiger partial charge in [-0.2, -0.15) is 13.2 Å². The molecule has 23 heavy (non-hydrogen) atoms. The molecule has 5 nitrogen and oxygen atoms in total. The van der Waals surface area contributed by atoms with Gasteiger partial charge >= 0.3 is 12.2 Å². The highest BCUT2D eigenvalue weighted by atomic mass is 19.4. The van der Waals surface area contributed by atoms with Gasteiger partial charge in [0.2, 0.25) is 0 Å². The lowest BCUT2D eigenvalue weighted by Gasteiger charge is -2.34. The summed E-state index contributed by atoms with van der Waals surface area (Å²) in [4.78, 5) is 17.6. The van der Waals surface area contributed by atoms with Crippen LogP contribution < -0.4 is 5.32 Å². The van der Waals surface area contributed by atoms with Gasteiger partial charge in [0.1, 0.15) is 0 Å². The zero-order valence-electron chi connectivity index (χ0n) is 12.6. The third-order valence-corrected chi connectivity index (χ3v) is 3.99. The quantitative estimate of drug-likeness (QED) is 0.886. The Morgan fingerprint density at radius 2 is 2.09 bits per heavy atom. The molecule has 2 N–H and O–H groups in total. The lowest BCUT2D eigenvalue weighted by atomic mass is 9.91. The molecule has 0 unspecified atom stereocenters. The molecule has 0 bridgehead atoms. The van der Waals surface area contributed by atoms with Gasteiger partial charge in [-0.1, -0.05) is 6.07 Å². The van der Waals surface area contributed by atoms with E-state index in [0.717, 1.165) is 5.69 Å². The minimum atomic E-state index is -4.60. The van der Waals surface area contributed by atoms with Gasteiger partial charge in [0.25, 0.3) is 0 Å². The van der Waals surface area contributed by atoms with Crippen molar-refractivity contribution < 1.29 is 23.1 Å². The van der Waals surface area contributed by atoms with Gasteiger partial charge in [-0.15, -0.1) is 0 Å². The summed E-state index contributed by atoms with van der Waals surface area (Å²) in [6, 6.07) is 5.24. The Labute approximate surface area is 132 Å². The highest BCUT2D eigenvalue weighted by molar-refractivity contribution is 5.74. The minimum absolute atomic E-state index is 0.147. The van der Waals surface area contributed by atoms with Crippen LogP contribution in [0, 0.1) is 5.92 Å². The number of aliphatic hydroxyl groups excluding tert-OH is 1. The number of pyridine rings is 1. The largest absolute Gasteiger partial charge is 0.414 e. The van der Waals surface area contributed by atoms with Gasteiger partial charge in [0.05, 0.1) is 0 Å². The average molecular weight is 331 g/mol. The first-order chi connectivity index (χ1) is 10.9. The number of halogens is 3. The first-order valence-electron chi connectivity index (χ1n) is 7.55. The standard InChI is InChI=1S/C15H20F3N3O2/c16-15(17,18)13(22)11-5-9-21(10-6-11)14(23)20-8-4-12-3-1-2-7-19-12/h1-3,7,11,13,22H,4-6,8-10H2,(H,20,23)/t13-/m0/s1. The van der Waals surface area contributed by atoms with Crippen molar-refractivity contribution in [2.45, 2.75) is 31.5 Å². The summed E-state index contributed by atoms with van der Waals surface area (Å²) in [6.07, 6.45) is -4.35. The number of amides is 2. The lowest BCUT2D eigenvalue weighted by Crippen LogP contribution is -2.48. The van der Waals surface area contributed by atoms with E-state index in [0.29, 0.717) is 13.0 Å². The normalized spacial score (nSPS) is 17.8. The van der Waals surface area contributed by atoms with E-state index in [1.54, 1.807) is 6.20 Å². The molecule has 1 fully saturated rings. The van der Waals surface area contributed by atoms with E-state index in [1.165, 1.54) is 4.90 Å². The Hall–Kier alpha value is -1.83. The second kappa shape index (κ2) is 7.63. The molecule has 1 atom stereocenters. The fourth-order valence-corrected chi connectivity index (χ4v) is 2.64. The van der Waals surface area contributed by atoms with Crippen LogP contribution in [0.5, 0.6) is 0 Å². The van der Waals surface area contributed by atoms with E-state index < -0.39 is 18.2 Å². The molecule has 1 aromatic rings. The van der Waals surface area contributed by atoms with Crippen LogP contribution in [-0.2, 0) is 6.42 Å². The maximum Gasteiger partial charge on any atom is 0.414 e. The van der Waals surface area contributed by atoms with Gasteiger partial charge in [0.15, 0.2) is 6.10 Å². The molecule has 0 aromatic carbocycles. The highest BCUT2D eigenvalue weighted by Gasteiger charge is 2.44. The Balaban J connectivity index is 1.71. The third kappa shape index (κ3) is 5.09. The van der Waals surface area contributed by atoms with Crippen LogP contribution in [-0.4, -0.2) is 52.9 Å². The molecular weight excluding hydrogens is 311 g/mol. The maximum atomic E-state index is 12.5. The van der Waals surface area contributed by atoms with Crippen LogP contribution in [0.4, 0.5) is 18.0 Å². The molecule has 1 aliphatic rings. The van der Waals surface area contributed by atoms with Gasteiger partial charge in [-0.3, -0.25) is 4.98 Å². The van der Waals surface area contributed by atoms with Crippen molar-refractivity contribution in [1.29, 1.82) is 0 Å². The van der Waals surface area contributed by atoms with E-state index in [2.05, 4.69) is 10.3 Å². The van der Waals surface area contributed by atoms with E-state index in [-0.39, 0.29) is 32.0 Å². The zero-order chi connectivity index (χ0) is 16.9. The maximum absolute atomic E-state index is 12.5. The molecular formula is C15H20F3N3O2. The SMILES string of the molecule is O=C(NCCc1ccccn1)N1CCC([C@H](O)C(F)(F)F)CC1. The highest BCUT2D eigenvalue weighted by Crippen LogP contribution is 2.31. The summed E-state index contributed by atoms with van der Waals surface area (Å²) in [5.41, 5.74) is 0.861. The molecule has 2 amide bonds. The lowest BCUT2D eigenvalue weighted by molar-refractivity contribution is -0.222.